The molecule has 0 radical (unpaired) electrons. The summed E-state index contributed by atoms with van der Waals surface area (Å²) in [6, 6.07) is 5.04. The van der Waals surface area contributed by atoms with E-state index >= 15 is 0 Å². The van der Waals surface area contributed by atoms with E-state index in [0.717, 1.165) is 0 Å². The SMILES string of the molecule is N#Cc1ccc(N2CCCC(C(F)(F)F)C2)cn1. The lowest BCUT2D eigenvalue weighted by Crippen LogP contribution is -2.41. The third-order valence-corrected chi connectivity index (χ3v) is 3.11. The van der Waals surface area contributed by atoms with Crippen molar-refractivity contribution in [1.29, 1.82) is 5.26 Å². The van der Waals surface area contributed by atoms with Gasteiger partial charge in [0.25, 0.3) is 0 Å². The smallest absolute Gasteiger partial charge is 0.370 e. The molecule has 0 amide bonds. The van der Waals surface area contributed by atoms with Gasteiger partial charge in [-0.05, 0) is 25.0 Å². The maximum absolute atomic E-state index is 12.7. The van der Waals surface area contributed by atoms with Crippen LogP contribution in [0.5, 0.6) is 0 Å². The van der Waals surface area contributed by atoms with Gasteiger partial charge in [-0.25, -0.2) is 4.98 Å². The molecule has 1 unspecified atom stereocenters. The van der Waals surface area contributed by atoms with E-state index in [0.29, 0.717) is 18.7 Å². The van der Waals surface area contributed by atoms with Crippen LogP contribution in [0.25, 0.3) is 0 Å². The molecule has 1 atom stereocenters. The molecular formula is C12H12F3N3. The Morgan fingerprint density at radius 1 is 1.39 bits per heavy atom. The third-order valence-electron chi connectivity index (χ3n) is 3.11. The fourth-order valence-corrected chi connectivity index (χ4v) is 2.12. The van der Waals surface area contributed by atoms with Crippen molar-refractivity contribution in [3.63, 3.8) is 0 Å². The van der Waals surface area contributed by atoms with Gasteiger partial charge in [0.2, 0.25) is 0 Å². The number of pyridine rings is 1. The minimum absolute atomic E-state index is 0.0307. The highest BCUT2D eigenvalue weighted by atomic mass is 19.4. The molecular weight excluding hydrogens is 243 g/mol. The van der Waals surface area contributed by atoms with E-state index in [9.17, 15) is 13.2 Å². The van der Waals surface area contributed by atoms with Crippen molar-refractivity contribution in [1.82, 2.24) is 4.98 Å². The van der Waals surface area contributed by atoms with Crippen LogP contribution in [0.4, 0.5) is 18.9 Å². The minimum atomic E-state index is -4.14. The Hall–Kier alpha value is -1.77. The number of nitriles is 1. The summed E-state index contributed by atoms with van der Waals surface area (Å²) in [5.41, 5.74) is 0.908. The molecule has 0 saturated carbocycles. The minimum Gasteiger partial charge on any atom is -0.370 e. The molecule has 6 heteroatoms. The number of nitrogens with zero attached hydrogens (tertiary/aromatic N) is 3. The summed E-state index contributed by atoms with van der Waals surface area (Å²) in [5, 5.41) is 8.61. The van der Waals surface area contributed by atoms with E-state index in [2.05, 4.69) is 4.98 Å². The largest absolute Gasteiger partial charge is 0.393 e. The first-order chi connectivity index (χ1) is 8.50. The standard InChI is InChI=1S/C12H12F3N3/c13-12(14,15)9-2-1-5-18(8-9)11-4-3-10(6-16)17-7-11/h3-4,7,9H,1-2,5,8H2. The molecule has 0 aliphatic carbocycles. The summed E-state index contributed by atoms with van der Waals surface area (Å²) in [6.45, 7) is 0.567. The summed E-state index contributed by atoms with van der Waals surface area (Å²) in [4.78, 5) is 5.55. The van der Waals surface area contributed by atoms with Crippen molar-refractivity contribution >= 4 is 5.69 Å². The predicted molar refractivity (Wildman–Crippen MR) is 59.9 cm³/mol. The van der Waals surface area contributed by atoms with Gasteiger partial charge in [-0.1, -0.05) is 0 Å². The van der Waals surface area contributed by atoms with E-state index in [4.69, 9.17) is 5.26 Å². The monoisotopic (exact) mass is 255 g/mol. The Morgan fingerprint density at radius 3 is 2.72 bits per heavy atom. The fourth-order valence-electron chi connectivity index (χ4n) is 2.12. The number of hydrogen-bond donors (Lipinski definition) is 0. The lowest BCUT2D eigenvalue weighted by molar-refractivity contribution is -0.175. The number of piperidine rings is 1. The van der Waals surface area contributed by atoms with Crippen LogP contribution in [0.3, 0.4) is 0 Å². The Morgan fingerprint density at radius 2 is 2.17 bits per heavy atom. The maximum atomic E-state index is 12.7. The second kappa shape index (κ2) is 4.84. The Kier molecular flexibility index (Phi) is 3.41. The molecule has 0 N–H and O–H groups in total. The number of hydrogen-bond acceptors (Lipinski definition) is 3. The number of halogens is 3. The molecule has 1 saturated heterocycles. The van der Waals surface area contributed by atoms with Crippen LogP contribution in [0.1, 0.15) is 18.5 Å². The van der Waals surface area contributed by atoms with E-state index in [1.165, 1.54) is 12.3 Å². The zero-order valence-corrected chi connectivity index (χ0v) is 9.61. The Labute approximate surface area is 103 Å². The molecule has 3 nitrogen and oxygen atoms in total. The second-order valence-electron chi connectivity index (χ2n) is 4.34. The summed E-state index contributed by atoms with van der Waals surface area (Å²) in [7, 11) is 0. The van der Waals surface area contributed by atoms with Crippen molar-refractivity contribution in [2.24, 2.45) is 5.92 Å². The molecule has 2 rings (SSSR count). The lowest BCUT2D eigenvalue weighted by Gasteiger charge is -2.35. The molecule has 1 aromatic rings. The van der Waals surface area contributed by atoms with E-state index in [1.807, 2.05) is 6.07 Å². The molecule has 1 fully saturated rings. The summed E-state index contributed by atoms with van der Waals surface area (Å²) >= 11 is 0. The van der Waals surface area contributed by atoms with Crippen LogP contribution >= 0.6 is 0 Å². The molecule has 18 heavy (non-hydrogen) atoms. The van der Waals surface area contributed by atoms with Gasteiger partial charge in [0, 0.05) is 13.1 Å². The van der Waals surface area contributed by atoms with Gasteiger partial charge in [-0.15, -0.1) is 0 Å². The van der Waals surface area contributed by atoms with Gasteiger partial charge in [-0.3, -0.25) is 0 Å². The first-order valence-corrected chi connectivity index (χ1v) is 5.68. The van der Waals surface area contributed by atoms with Gasteiger partial charge in [-0.2, -0.15) is 18.4 Å². The highest BCUT2D eigenvalue weighted by Crippen LogP contribution is 2.34. The zero-order chi connectivity index (χ0) is 13.2. The molecule has 1 aliphatic heterocycles. The van der Waals surface area contributed by atoms with Crippen LogP contribution in [0, 0.1) is 17.2 Å². The highest BCUT2D eigenvalue weighted by Gasteiger charge is 2.41. The highest BCUT2D eigenvalue weighted by molar-refractivity contribution is 5.46. The molecule has 0 aromatic carbocycles. The molecule has 2 heterocycles. The van der Waals surface area contributed by atoms with Crippen LogP contribution in [0.15, 0.2) is 18.3 Å². The van der Waals surface area contributed by atoms with Crippen molar-refractivity contribution in [3.8, 4) is 6.07 Å². The lowest BCUT2D eigenvalue weighted by atomic mass is 9.97. The average Bonchev–Trinajstić information content (AvgIpc) is 2.38. The van der Waals surface area contributed by atoms with Gasteiger partial charge < -0.3 is 4.90 Å². The van der Waals surface area contributed by atoms with Gasteiger partial charge >= 0.3 is 6.18 Å². The van der Waals surface area contributed by atoms with Crippen molar-refractivity contribution in [2.45, 2.75) is 19.0 Å². The number of aromatic nitrogens is 1. The van der Waals surface area contributed by atoms with Gasteiger partial charge in [0.05, 0.1) is 17.8 Å². The maximum Gasteiger partial charge on any atom is 0.393 e. The third kappa shape index (κ3) is 2.73. The van der Waals surface area contributed by atoms with Crippen LogP contribution in [-0.4, -0.2) is 24.2 Å². The number of rotatable bonds is 1. The fraction of sp³-hybridized carbons (Fsp3) is 0.500. The predicted octanol–water partition coefficient (Wildman–Crippen LogP) is 2.73. The summed E-state index contributed by atoms with van der Waals surface area (Å²) < 4.78 is 38.0. The van der Waals surface area contributed by atoms with Crippen LogP contribution in [0.2, 0.25) is 0 Å². The number of alkyl halides is 3. The van der Waals surface area contributed by atoms with Crippen LogP contribution < -0.4 is 4.90 Å². The van der Waals surface area contributed by atoms with Gasteiger partial charge in [0.15, 0.2) is 0 Å². The molecule has 1 aromatic heterocycles. The van der Waals surface area contributed by atoms with Gasteiger partial charge in [0.1, 0.15) is 11.8 Å². The molecule has 96 valence electrons. The zero-order valence-electron chi connectivity index (χ0n) is 9.61. The number of anilines is 1. The molecule has 1 aliphatic rings. The average molecular weight is 255 g/mol. The topological polar surface area (TPSA) is 39.9 Å². The Bertz CT molecular complexity index is 447. The second-order valence-corrected chi connectivity index (χ2v) is 4.34. The quantitative estimate of drug-likeness (QED) is 0.774. The van der Waals surface area contributed by atoms with Crippen molar-refractivity contribution in [3.05, 3.63) is 24.0 Å². The van der Waals surface area contributed by atoms with E-state index < -0.39 is 12.1 Å². The molecule has 0 spiro atoms. The molecule has 0 bridgehead atoms. The summed E-state index contributed by atoms with van der Waals surface area (Å²) in [5.74, 6) is -1.28. The first kappa shape index (κ1) is 12.7. The normalized spacial score (nSPS) is 20.6. The van der Waals surface area contributed by atoms with E-state index in [-0.39, 0.29) is 18.7 Å². The first-order valence-electron chi connectivity index (χ1n) is 5.68. The van der Waals surface area contributed by atoms with Crippen LogP contribution in [-0.2, 0) is 0 Å². The Balaban J connectivity index is 2.11. The van der Waals surface area contributed by atoms with Crippen molar-refractivity contribution < 1.29 is 13.2 Å². The van der Waals surface area contributed by atoms with E-state index in [1.54, 1.807) is 11.0 Å². The van der Waals surface area contributed by atoms with Crippen molar-refractivity contribution in [2.75, 3.05) is 18.0 Å². The summed E-state index contributed by atoms with van der Waals surface area (Å²) in [6.07, 6.45) is -1.98.